The number of nitrogens with two attached hydrogens (primary N) is 1. The molecule has 23 heavy (non-hydrogen) atoms. The Morgan fingerprint density at radius 2 is 1.87 bits per heavy atom. The van der Waals surface area contributed by atoms with Crippen LogP contribution in [0.3, 0.4) is 0 Å². The Balaban J connectivity index is 2.21. The van der Waals surface area contributed by atoms with Crippen LogP contribution >= 0.6 is 0 Å². The van der Waals surface area contributed by atoms with E-state index in [1.165, 1.54) is 24.3 Å². The van der Waals surface area contributed by atoms with Crippen molar-refractivity contribution in [1.82, 2.24) is 9.97 Å². The number of nitrogens with zero attached hydrogens (tertiary/aromatic N) is 1. The first-order chi connectivity index (χ1) is 11.0. The SMILES string of the molecule is Cc1ccc(F)c2[nH]c([C@@H](CN)c3ccc(F)cc3)nc(=O)c12. The molecular formula is C17H15F2N3O. The predicted octanol–water partition coefficient (Wildman–Crippen LogP) is 2.60. The number of hydrogen-bond acceptors (Lipinski definition) is 3. The highest BCUT2D eigenvalue weighted by Crippen LogP contribution is 2.23. The van der Waals surface area contributed by atoms with Crippen molar-refractivity contribution >= 4 is 10.9 Å². The van der Waals surface area contributed by atoms with E-state index >= 15 is 0 Å². The van der Waals surface area contributed by atoms with Gasteiger partial charge >= 0.3 is 0 Å². The molecule has 0 unspecified atom stereocenters. The molecule has 118 valence electrons. The lowest BCUT2D eigenvalue weighted by atomic mass is 9.98. The van der Waals surface area contributed by atoms with Gasteiger partial charge in [-0.2, -0.15) is 4.98 Å². The maximum atomic E-state index is 14.1. The third-order valence-electron chi connectivity index (χ3n) is 3.89. The number of hydrogen-bond donors (Lipinski definition) is 2. The van der Waals surface area contributed by atoms with E-state index in [1.807, 2.05) is 0 Å². The van der Waals surface area contributed by atoms with Crippen LogP contribution in [0.15, 0.2) is 41.2 Å². The number of aromatic nitrogens is 2. The number of nitrogens with one attached hydrogen (secondary N) is 1. The summed E-state index contributed by atoms with van der Waals surface area (Å²) in [6.45, 7) is 1.87. The van der Waals surface area contributed by atoms with Gasteiger partial charge in [0.25, 0.3) is 5.56 Å². The average Bonchev–Trinajstić information content (AvgIpc) is 2.53. The first kappa shape index (κ1) is 15.3. The van der Waals surface area contributed by atoms with Gasteiger partial charge in [-0.3, -0.25) is 4.79 Å². The number of halogens is 2. The summed E-state index contributed by atoms with van der Waals surface area (Å²) in [5, 5.41) is 0.226. The van der Waals surface area contributed by atoms with Gasteiger partial charge in [-0.25, -0.2) is 8.78 Å². The maximum absolute atomic E-state index is 14.1. The van der Waals surface area contributed by atoms with E-state index in [0.717, 1.165) is 0 Å². The summed E-state index contributed by atoms with van der Waals surface area (Å²) in [5.74, 6) is -1.08. The van der Waals surface area contributed by atoms with Crippen LogP contribution in [0.5, 0.6) is 0 Å². The molecule has 0 radical (unpaired) electrons. The highest BCUT2D eigenvalue weighted by molar-refractivity contribution is 5.81. The van der Waals surface area contributed by atoms with Gasteiger partial charge in [0.1, 0.15) is 17.5 Å². The van der Waals surface area contributed by atoms with E-state index in [1.54, 1.807) is 19.1 Å². The zero-order chi connectivity index (χ0) is 16.6. The van der Waals surface area contributed by atoms with E-state index in [0.29, 0.717) is 11.1 Å². The van der Waals surface area contributed by atoms with E-state index in [-0.39, 0.29) is 29.1 Å². The van der Waals surface area contributed by atoms with Crippen LogP contribution < -0.4 is 11.3 Å². The number of aryl methyl sites for hydroxylation is 1. The number of benzene rings is 2. The van der Waals surface area contributed by atoms with Crippen molar-refractivity contribution in [3.05, 3.63) is 75.3 Å². The molecule has 0 saturated heterocycles. The molecule has 3 N–H and O–H groups in total. The van der Waals surface area contributed by atoms with Crippen LogP contribution in [0, 0.1) is 18.6 Å². The van der Waals surface area contributed by atoms with Crippen LogP contribution in [-0.2, 0) is 0 Å². The van der Waals surface area contributed by atoms with Gasteiger partial charge < -0.3 is 10.7 Å². The Morgan fingerprint density at radius 1 is 1.17 bits per heavy atom. The highest BCUT2D eigenvalue weighted by Gasteiger charge is 2.18. The topological polar surface area (TPSA) is 71.8 Å². The van der Waals surface area contributed by atoms with Crippen LogP contribution in [0.25, 0.3) is 10.9 Å². The van der Waals surface area contributed by atoms with Crippen molar-refractivity contribution in [2.45, 2.75) is 12.8 Å². The Morgan fingerprint density at radius 3 is 2.52 bits per heavy atom. The fraction of sp³-hybridized carbons (Fsp3) is 0.176. The standard InChI is InChI=1S/C17H15F2N3O/c1-9-2-7-13(19)15-14(9)17(23)22-16(21-15)12(8-20)10-3-5-11(18)6-4-10/h2-7,12H,8,20H2,1H3,(H,21,22,23)/t12-/m0/s1. The van der Waals surface area contributed by atoms with Crippen LogP contribution in [0.2, 0.25) is 0 Å². The van der Waals surface area contributed by atoms with Crippen molar-refractivity contribution in [3.8, 4) is 0 Å². The first-order valence-corrected chi connectivity index (χ1v) is 7.16. The molecule has 0 aliphatic heterocycles. The third-order valence-corrected chi connectivity index (χ3v) is 3.89. The first-order valence-electron chi connectivity index (χ1n) is 7.16. The summed E-state index contributed by atoms with van der Waals surface area (Å²) in [7, 11) is 0. The second-order valence-electron chi connectivity index (χ2n) is 5.38. The Kier molecular flexibility index (Phi) is 3.92. The van der Waals surface area contributed by atoms with E-state index in [4.69, 9.17) is 5.73 Å². The monoisotopic (exact) mass is 315 g/mol. The molecule has 6 heteroatoms. The number of H-pyrrole nitrogens is 1. The lowest BCUT2D eigenvalue weighted by Crippen LogP contribution is -2.22. The summed E-state index contributed by atoms with van der Waals surface area (Å²) in [5.41, 5.74) is 6.74. The smallest absolute Gasteiger partial charge is 0.281 e. The van der Waals surface area contributed by atoms with E-state index in [2.05, 4.69) is 9.97 Å². The predicted molar refractivity (Wildman–Crippen MR) is 84.4 cm³/mol. The van der Waals surface area contributed by atoms with Gasteiger partial charge in [0.05, 0.1) is 16.8 Å². The zero-order valence-electron chi connectivity index (χ0n) is 12.4. The Hall–Kier alpha value is -2.60. The summed E-state index contributed by atoms with van der Waals surface area (Å²) >= 11 is 0. The second-order valence-corrected chi connectivity index (χ2v) is 5.38. The van der Waals surface area contributed by atoms with Crippen molar-refractivity contribution in [3.63, 3.8) is 0 Å². The fourth-order valence-electron chi connectivity index (χ4n) is 2.67. The zero-order valence-corrected chi connectivity index (χ0v) is 12.4. The molecule has 1 aromatic heterocycles. The molecule has 1 atom stereocenters. The molecule has 0 bridgehead atoms. The van der Waals surface area contributed by atoms with Gasteiger partial charge in [0.15, 0.2) is 0 Å². The minimum absolute atomic E-state index is 0.112. The number of fused-ring (bicyclic) bond motifs is 1. The lowest BCUT2D eigenvalue weighted by Gasteiger charge is -2.15. The fourth-order valence-corrected chi connectivity index (χ4v) is 2.67. The minimum atomic E-state index is -0.527. The summed E-state index contributed by atoms with van der Waals surface area (Å²) in [6, 6.07) is 8.60. The Bertz CT molecular complexity index is 920. The van der Waals surface area contributed by atoms with Crippen LogP contribution in [0.1, 0.15) is 22.9 Å². The normalized spacial score (nSPS) is 12.5. The molecule has 0 aliphatic rings. The van der Waals surface area contributed by atoms with Crippen molar-refractivity contribution in [2.75, 3.05) is 6.54 Å². The number of aromatic amines is 1. The molecule has 0 aliphatic carbocycles. The van der Waals surface area contributed by atoms with Crippen LogP contribution in [0.4, 0.5) is 8.78 Å². The highest BCUT2D eigenvalue weighted by atomic mass is 19.1. The summed E-state index contributed by atoms with van der Waals surface area (Å²) in [6.07, 6.45) is 0. The van der Waals surface area contributed by atoms with Gasteiger partial charge in [-0.1, -0.05) is 18.2 Å². The molecule has 4 nitrogen and oxygen atoms in total. The Labute approximate surface area is 131 Å². The molecule has 0 saturated carbocycles. The van der Waals surface area contributed by atoms with Crippen molar-refractivity contribution in [1.29, 1.82) is 0 Å². The summed E-state index contributed by atoms with van der Waals surface area (Å²) < 4.78 is 27.1. The molecule has 1 heterocycles. The quantitative estimate of drug-likeness (QED) is 0.780. The van der Waals surface area contributed by atoms with Gasteiger partial charge in [0, 0.05) is 6.54 Å². The van der Waals surface area contributed by atoms with Gasteiger partial charge in [-0.05, 0) is 36.2 Å². The van der Waals surface area contributed by atoms with Crippen molar-refractivity contribution in [2.24, 2.45) is 5.73 Å². The van der Waals surface area contributed by atoms with E-state index < -0.39 is 17.3 Å². The van der Waals surface area contributed by atoms with E-state index in [9.17, 15) is 13.6 Å². The molecule has 0 fully saturated rings. The largest absolute Gasteiger partial charge is 0.340 e. The minimum Gasteiger partial charge on any atom is -0.340 e. The van der Waals surface area contributed by atoms with Gasteiger partial charge in [0.2, 0.25) is 0 Å². The maximum Gasteiger partial charge on any atom is 0.281 e. The average molecular weight is 315 g/mol. The molecule has 0 spiro atoms. The number of rotatable bonds is 3. The summed E-state index contributed by atoms with van der Waals surface area (Å²) in [4.78, 5) is 19.2. The van der Waals surface area contributed by atoms with Crippen molar-refractivity contribution < 1.29 is 8.78 Å². The molecule has 3 rings (SSSR count). The molecule has 0 amide bonds. The third kappa shape index (κ3) is 2.73. The molecule has 3 aromatic rings. The second kappa shape index (κ2) is 5.89. The lowest BCUT2D eigenvalue weighted by molar-refractivity contribution is 0.625. The van der Waals surface area contributed by atoms with Crippen LogP contribution in [-0.4, -0.2) is 16.5 Å². The molecular weight excluding hydrogens is 300 g/mol. The molecule has 2 aromatic carbocycles. The van der Waals surface area contributed by atoms with Gasteiger partial charge in [-0.15, -0.1) is 0 Å².